The van der Waals surface area contributed by atoms with Gasteiger partial charge in [0.05, 0.1) is 12.2 Å². The highest BCUT2D eigenvalue weighted by Gasteiger charge is 2.18. The van der Waals surface area contributed by atoms with Gasteiger partial charge in [0.25, 0.3) is 0 Å². The molecule has 0 radical (unpaired) electrons. The number of benzene rings is 2. The Morgan fingerprint density at radius 1 is 1.05 bits per heavy atom. The van der Waals surface area contributed by atoms with Gasteiger partial charge in [0.1, 0.15) is 5.75 Å². The molecule has 2 nitrogen and oxygen atoms in total. The molecule has 102 valence electrons. The minimum absolute atomic E-state index is 0.174. The molecule has 2 aromatic rings. The first-order valence-electron chi connectivity index (χ1n) is 7.16. The maximum Gasteiger partial charge on any atom is 0.166 e. The molecule has 0 amide bonds. The van der Waals surface area contributed by atoms with Crippen molar-refractivity contribution >= 4 is 5.78 Å². The van der Waals surface area contributed by atoms with Crippen LogP contribution in [0.15, 0.2) is 48.5 Å². The van der Waals surface area contributed by atoms with Crippen molar-refractivity contribution in [1.29, 1.82) is 0 Å². The molecule has 3 rings (SSSR count). The summed E-state index contributed by atoms with van der Waals surface area (Å²) in [6.07, 6.45) is 3.36. The minimum Gasteiger partial charge on any atom is -0.493 e. The van der Waals surface area contributed by atoms with Crippen LogP contribution in [0.25, 0.3) is 0 Å². The summed E-state index contributed by atoms with van der Waals surface area (Å²) in [4.78, 5) is 12.4. The highest BCUT2D eigenvalue weighted by molar-refractivity contribution is 5.99. The number of carbonyl (C=O) groups is 1. The highest BCUT2D eigenvalue weighted by Crippen LogP contribution is 2.29. The van der Waals surface area contributed by atoms with Gasteiger partial charge in [-0.2, -0.15) is 0 Å². The van der Waals surface area contributed by atoms with Crippen LogP contribution in [0.4, 0.5) is 0 Å². The lowest BCUT2D eigenvalue weighted by atomic mass is 9.97. The summed E-state index contributed by atoms with van der Waals surface area (Å²) in [6, 6.07) is 16.0. The summed E-state index contributed by atoms with van der Waals surface area (Å²) in [5.74, 6) is 0.990. The molecule has 20 heavy (non-hydrogen) atoms. The van der Waals surface area contributed by atoms with Crippen LogP contribution in [0.5, 0.6) is 5.75 Å². The van der Waals surface area contributed by atoms with E-state index in [4.69, 9.17) is 4.74 Å². The monoisotopic (exact) mass is 266 g/mol. The van der Waals surface area contributed by atoms with Crippen molar-refractivity contribution in [2.45, 2.75) is 25.7 Å². The smallest absolute Gasteiger partial charge is 0.166 e. The molecule has 0 saturated carbocycles. The second-order valence-corrected chi connectivity index (χ2v) is 5.15. The summed E-state index contributed by atoms with van der Waals surface area (Å²) in [5.41, 5.74) is 3.12. The summed E-state index contributed by atoms with van der Waals surface area (Å²) in [7, 11) is 0. The Bertz CT molecular complexity index is 602. The van der Waals surface area contributed by atoms with Gasteiger partial charge in [-0.1, -0.05) is 42.5 Å². The fourth-order valence-electron chi connectivity index (χ4n) is 2.65. The first-order valence-corrected chi connectivity index (χ1v) is 7.16. The lowest BCUT2D eigenvalue weighted by Crippen LogP contribution is -2.13. The van der Waals surface area contributed by atoms with Gasteiger partial charge in [0.2, 0.25) is 0 Å². The van der Waals surface area contributed by atoms with E-state index in [1.807, 2.05) is 30.3 Å². The molecule has 0 N–H and O–H groups in total. The zero-order valence-electron chi connectivity index (χ0n) is 11.5. The summed E-state index contributed by atoms with van der Waals surface area (Å²) >= 11 is 0. The van der Waals surface area contributed by atoms with E-state index < -0.39 is 0 Å². The van der Waals surface area contributed by atoms with Crippen LogP contribution in [0.2, 0.25) is 0 Å². The Morgan fingerprint density at radius 3 is 2.75 bits per heavy atom. The van der Waals surface area contributed by atoms with Crippen molar-refractivity contribution in [2.24, 2.45) is 0 Å². The van der Waals surface area contributed by atoms with E-state index in [9.17, 15) is 4.79 Å². The second kappa shape index (κ2) is 5.91. The van der Waals surface area contributed by atoms with Crippen LogP contribution in [0, 0.1) is 0 Å². The van der Waals surface area contributed by atoms with E-state index in [0.717, 1.165) is 37.2 Å². The molecular formula is C18H18O2. The largest absolute Gasteiger partial charge is 0.493 e. The number of fused-ring (bicyclic) bond motifs is 1. The molecule has 1 heterocycles. The van der Waals surface area contributed by atoms with Crippen LogP contribution >= 0.6 is 0 Å². The molecule has 0 aliphatic carbocycles. The summed E-state index contributed by atoms with van der Waals surface area (Å²) in [5, 5.41) is 0. The average Bonchev–Trinajstić information content (AvgIpc) is 2.53. The van der Waals surface area contributed by atoms with Gasteiger partial charge in [-0.3, -0.25) is 4.79 Å². The molecule has 2 aromatic carbocycles. The number of hydrogen-bond acceptors (Lipinski definition) is 2. The average molecular weight is 266 g/mol. The van der Waals surface area contributed by atoms with Crippen LogP contribution in [0.1, 0.15) is 34.3 Å². The van der Waals surface area contributed by atoms with Gasteiger partial charge < -0.3 is 4.74 Å². The number of para-hydroxylation sites is 1. The standard InChI is InChI=1S/C18H18O2/c19-17(12-11-14-6-2-1-3-7-14)16-10-4-8-15-9-5-13-20-18(15)16/h1-4,6-8,10H,5,9,11-13H2. The SMILES string of the molecule is O=C(CCc1ccccc1)c1cccc2c1OCCC2. The van der Waals surface area contributed by atoms with Crippen molar-refractivity contribution in [1.82, 2.24) is 0 Å². The van der Waals surface area contributed by atoms with E-state index >= 15 is 0 Å². The lowest BCUT2D eigenvalue weighted by molar-refractivity contribution is 0.0978. The number of rotatable bonds is 4. The van der Waals surface area contributed by atoms with Gasteiger partial charge in [-0.15, -0.1) is 0 Å². The Morgan fingerprint density at radius 2 is 1.90 bits per heavy atom. The molecular weight excluding hydrogens is 248 g/mol. The predicted molar refractivity (Wildman–Crippen MR) is 79.4 cm³/mol. The van der Waals surface area contributed by atoms with E-state index in [1.165, 1.54) is 11.1 Å². The predicted octanol–water partition coefficient (Wildman–Crippen LogP) is 3.83. The van der Waals surface area contributed by atoms with Gasteiger partial charge >= 0.3 is 0 Å². The van der Waals surface area contributed by atoms with Crippen molar-refractivity contribution in [3.63, 3.8) is 0 Å². The fraction of sp³-hybridized carbons (Fsp3) is 0.278. The normalized spacial score (nSPS) is 13.4. The molecule has 0 bridgehead atoms. The van der Waals surface area contributed by atoms with Crippen LogP contribution < -0.4 is 4.74 Å². The Labute approximate surface area is 119 Å². The Kier molecular flexibility index (Phi) is 3.82. The number of Topliss-reactive ketones (excluding diaryl/α,β-unsaturated/α-hetero) is 1. The first-order chi connectivity index (χ1) is 9.84. The van der Waals surface area contributed by atoms with E-state index in [0.29, 0.717) is 6.42 Å². The topological polar surface area (TPSA) is 26.3 Å². The quantitative estimate of drug-likeness (QED) is 0.786. The molecule has 1 aliphatic rings. The Hall–Kier alpha value is -2.09. The minimum atomic E-state index is 0.174. The van der Waals surface area contributed by atoms with Gasteiger partial charge in [0.15, 0.2) is 5.78 Å². The van der Waals surface area contributed by atoms with E-state index in [1.54, 1.807) is 0 Å². The number of hydrogen-bond donors (Lipinski definition) is 0. The molecule has 0 unspecified atom stereocenters. The second-order valence-electron chi connectivity index (χ2n) is 5.15. The summed E-state index contributed by atoms with van der Waals surface area (Å²) < 4.78 is 5.71. The van der Waals surface area contributed by atoms with Crippen molar-refractivity contribution < 1.29 is 9.53 Å². The third-order valence-corrected chi connectivity index (χ3v) is 3.72. The molecule has 0 saturated heterocycles. The molecule has 0 atom stereocenters. The van der Waals surface area contributed by atoms with Gasteiger partial charge in [-0.25, -0.2) is 0 Å². The number of aryl methyl sites for hydroxylation is 2. The van der Waals surface area contributed by atoms with Gasteiger partial charge in [-0.05, 0) is 36.5 Å². The summed E-state index contributed by atoms with van der Waals surface area (Å²) in [6.45, 7) is 0.718. The van der Waals surface area contributed by atoms with Crippen molar-refractivity contribution in [3.05, 3.63) is 65.2 Å². The zero-order chi connectivity index (χ0) is 13.8. The highest BCUT2D eigenvalue weighted by atomic mass is 16.5. The Balaban J connectivity index is 1.74. The third kappa shape index (κ3) is 2.74. The number of carbonyl (C=O) groups excluding carboxylic acids is 1. The lowest BCUT2D eigenvalue weighted by Gasteiger charge is -2.19. The van der Waals surface area contributed by atoms with Crippen LogP contribution in [0.3, 0.4) is 0 Å². The van der Waals surface area contributed by atoms with Gasteiger partial charge in [0, 0.05) is 6.42 Å². The number of ketones is 1. The molecule has 0 aromatic heterocycles. The van der Waals surface area contributed by atoms with E-state index in [2.05, 4.69) is 18.2 Å². The van der Waals surface area contributed by atoms with Crippen LogP contribution in [-0.2, 0) is 12.8 Å². The maximum absolute atomic E-state index is 12.4. The fourth-order valence-corrected chi connectivity index (χ4v) is 2.65. The van der Waals surface area contributed by atoms with Crippen molar-refractivity contribution in [2.75, 3.05) is 6.61 Å². The first kappa shape index (κ1) is 12.9. The van der Waals surface area contributed by atoms with Crippen LogP contribution in [-0.4, -0.2) is 12.4 Å². The molecule has 0 spiro atoms. The van der Waals surface area contributed by atoms with Crippen molar-refractivity contribution in [3.8, 4) is 5.75 Å². The molecule has 2 heteroatoms. The maximum atomic E-state index is 12.4. The third-order valence-electron chi connectivity index (χ3n) is 3.72. The number of ether oxygens (including phenoxy) is 1. The molecule has 1 aliphatic heterocycles. The molecule has 0 fully saturated rings. The van der Waals surface area contributed by atoms with E-state index in [-0.39, 0.29) is 5.78 Å². The zero-order valence-corrected chi connectivity index (χ0v) is 11.5.